The fourth-order valence-corrected chi connectivity index (χ4v) is 8.46. The summed E-state index contributed by atoms with van der Waals surface area (Å²) in [5, 5.41) is 0.328. The lowest BCUT2D eigenvalue weighted by Gasteiger charge is -2.40. The normalized spacial score (nSPS) is 20.7. The average molecular weight is 556 g/mol. The number of hydrogen-bond donors (Lipinski definition) is 1. The molecule has 36 heavy (non-hydrogen) atoms. The van der Waals surface area contributed by atoms with E-state index in [2.05, 4.69) is 4.72 Å². The summed E-state index contributed by atoms with van der Waals surface area (Å²) in [5.74, 6) is -1.44. The van der Waals surface area contributed by atoms with E-state index < -0.39 is 42.3 Å². The molecule has 1 saturated carbocycles. The van der Waals surface area contributed by atoms with Gasteiger partial charge >= 0.3 is 0 Å². The molecule has 3 aromatic rings. The molecular formula is C25H24ClF2NO5S2. The summed E-state index contributed by atoms with van der Waals surface area (Å²) in [6.45, 7) is 0. The standard InChI is InChI=1S/C25H24ClF2NO5S2/c1-34-23-4-2-3-5-24(23)36(32,33)29-19-12-14-25(15-13-19,21-16-18(27)8-11-22(21)28)35(30,31)20-9-6-17(26)7-10-20/h2-11,16,19,29H,12-15H2,1H3. The molecule has 1 aliphatic carbocycles. The number of ether oxygens (including phenoxy) is 1. The number of sulfonamides is 1. The number of rotatable bonds is 7. The smallest absolute Gasteiger partial charge is 0.244 e. The Labute approximate surface area is 214 Å². The predicted molar refractivity (Wildman–Crippen MR) is 132 cm³/mol. The topological polar surface area (TPSA) is 89.5 Å². The number of halogens is 3. The summed E-state index contributed by atoms with van der Waals surface area (Å²) >= 11 is 5.92. The van der Waals surface area contributed by atoms with E-state index in [9.17, 15) is 21.2 Å². The average Bonchev–Trinajstić information content (AvgIpc) is 2.86. The van der Waals surface area contributed by atoms with Crippen LogP contribution < -0.4 is 9.46 Å². The Hall–Kier alpha value is -2.53. The predicted octanol–water partition coefficient (Wildman–Crippen LogP) is 5.22. The van der Waals surface area contributed by atoms with Gasteiger partial charge in [-0.1, -0.05) is 23.7 Å². The van der Waals surface area contributed by atoms with Gasteiger partial charge in [0.15, 0.2) is 9.84 Å². The second kappa shape index (κ2) is 10.1. The summed E-state index contributed by atoms with van der Waals surface area (Å²) in [4.78, 5) is -0.127. The van der Waals surface area contributed by atoms with E-state index in [0.29, 0.717) is 5.02 Å². The largest absolute Gasteiger partial charge is 0.495 e. The fourth-order valence-electron chi connectivity index (χ4n) is 4.69. The van der Waals surface area contributed by atoms with Crippen LogP contribution in [0.4, 0.5) is 8.78 Å². The SMILES string of the molecule is COc1ccccc1S(=O)(=O)NC1CCC(c2cc(F)ccc2F)(S(=O)(=O)c2ccc(Cl)cc2)CC1. The van der Waals surface area contributed by atoms with Crippen molar-refractivity contribution in [3.8, 4) is 5.75 Å². The van der Waals surface area contributed by atoms with Crippen molar-refractivity contribution in [1.29, 1.82) is 0 Å². The molecule has 192 valence electrons. The number of methoxy groups -OCH3 is 1. The monoisotopic (exact) mass is 555 g/mol. The van der Waals surface area contributed by atoms with Crippen molar-refractivity contribution in [3.05, 3.63) is 89.0 Å². The molecule has 0 radical (unpaired) electrons. The zero-order chi connectivity index (χ0) is 26.1. The van der Waals surface area contributed by atoms with Crippen molar-refractivity contribution in [2.45, 2.75) is 46.3 Å². The highest BCUT2D eigenvalue weighted by molar-refractivity contribution is 7.92. The Morgan fingerprint density at radius 2 is 1.58 bits per heavy atom. The Morgan fingerprint density at radius 1 is 0.944 bits per heavy atom. The van der Waals surface area contributed by atoms with E-state index in [0.717, 1.165) is 18.2 Å². The Kier molecular flexibility index (Phi) is 7.43. The molecule has 0 unspecified atom stereocenters. The van der Waals surface area contributed by atoms with Gasteiger partial charge in [0, 0.05) is 16.6 Å². The van der Waals surface area contributed by atoms with Crippen LogP contribution in [0.25, 0.3) is 0 Å². The molecule has 0 atom stereocenters. The number of sulfone groups is 1. The first-order valence-corrected chi connectivity index (χ1v) is 14.5. The van der Waals surface area contributed by atoms with Crippen molar-refractivity contribution in [2.75, 3.05) is 7.11 Å². The van der Waals surface area contributed by atoms with Crippen LogP contribution in [-0.4, -0.2) is 30.0 Å². The Balaban J connectivity index is 1.70. The lowest BCUT2D eigenvalue weighted by molar-refractivity contribution is 0.323. The van der Waals surface area contributed by atoms with Gasteiger partial charge in [-0.3, -0.25) is 0 Å². The van der Waals surface area contributed by atoms with E-state index in [1.807, 2.05) is 0 Å². The summed E-state index contributed by atoms with van der Waals surface area (Å²) in [5.41, 5.74) is -0.275. The number of nitrogens with one attached hydrogen (secondary N) is 1. The van der Waals surface area contributed by atoms with Crippen molar-refractivity contribution in [3.63, 3.8) is 0 Å². The van der Waals surface area contributed by atoms with Gasteiger partial charge in [-0.05, 0) is 80.3 Å². The lowest BCUT2D eigenvalue weighted by atomic mass is 9.80. The highest BCUT2D eigenvalue weighted by atomic mass is 35.5. The Morgan fingerprint density at radius 3 is 2.22 bits per heavy atom. The molecule has 6 nitrogen and oxygen atoms in total. The van der Waals surface area contributed by atoms with Crippen LogP contribution in [-0.2, 0) is 24.6 Å². The lowest BCUT2D eigenvalue weighted by Crippen LogP contribution is -2.46. The third kappa shape index (κ3) is 4.87. The third-order valence-corrected chi connectivity index (χ3v) is 10.9. The zero-order valence-electron chi connectivity index (χ0n) is 19.2. The van der Waals surface area contributed by atoms with Gasteiger partial charge in [-0.25, -0.2) is 30.3 Å². The minimum Gasteiger partial charge on any atom is -0.495 e. The van der Waals surface area contributed by atoms with Crippen LogP contribution in [0.5, 0.6) is 5.75 Å². The van der Waals surface area contributed by atoms with Crippen molar-refractivity contribution >= 4 is 31.5 Å². The molecule has 0 aliphatic heterocycles. The second-order valence-corrected chi connectivity index (χ2v) is 13.0. The molecule has 4 rings (SSSR count). The molecule has 1 aliphatic rings. The van der Waals surface area contributed by atoms with Gasteiger partial charge in [0.25, 0.3) is 0 Å². The van der Waals surface area contributed by atoms with Gasteiger partial charge in [0.05, 0.1) is 12.0 Å². The summed E-state index contributed by atoms with van der Waals surface area (Å²) in [7, 11) is -6.85. The zero-order valence-corrected chi connectivity index (χ0v) is 21.6. The second-order valence-electron chi connectivity index (χ2n) is 8.62. The van der Waals surface area contributed by atoms with Gasteiger partial charge in [0.2, 0.25) is 10.0 Å². The summed E-state index contributed by atoms with van der Waals surface area (Å²) in [6.07, 6.45) is -0.0941. The molecule has 11 heteroatoms. The van der Waals surface area contributed by atoms with Gasteiger partial charge in [-0.15, -0.1) is 0 Å². The van der Waals surface area contributed by atoms with Crippen LogP contribution in [0.3, 0.4) is 0 Å². The molecule has 3 aromatic carbocycles. The molecule has 0 aromatic heterocycles. The molecule has 0 bridgehead atoms. The van der Waals surface area contributed by atoms with Gasteiger partial charge in [-0.2, -0.15) is 0 Å². The quantitative estimate of drug-likeness (QED) is 0.432. The van der Waals surface area contributed by atoms with E-state index in [-0.39, 0.29) is 46.8 Å². The molecule has 1 fully saturated rings. The molecule has 1 N–H and O–H groups in total. The van der Waals surface area contributed by atoms with Crippen molar-refractivity contribution < 1.29 is 30.4 Å². The summed E-state index contributed by atoms with van der Waals surface area (Å²) < 4.78 is 89.0. The molecule has 0 spiro atoms. The van der Waals surface area contributed by atoms with Gasteiger partial charge < -0.3 is 4.74 Å². The first kappa shape index (κ1) is 26.5. The first-order valence-electron chi connectivity index (χ1n) is 11.1. The number of hydrogen-bond acceptors (Lipinski definition) is 5. The van der Waals surface area contributed by atoms with Gasteiger partial charge in [0.1, 0.15) is 27.0 Å². The highest BCUT2D eigenvalue weighted by Gasteiger charge is 2.50. The fraction of sp³-hybridized carbons (Fsp3) is 0.280. The van der Waals surface area contributed by atoms with Crippen LogP contribution in [0, 0.1) is 11.6 Å². The van der Waals surface area contributed by atoms with Crippen molar-refractivity contribution in [2.24, 2.45) is 0 Å². The summed E-state index contributed by atoms with van der Waals surface area (Å²) in [6, 6.07) is 13.7. The van der Waals surface area contributed by atoms with E-state index in [1.54, 1.807) is 12.1 Å². The number of para-hydroxylation sites is 1. The maximum Gasteiger partial charge on any atom is 0.244 e. The maximum absolute atomic E-state index is 15.0. The minimum atomic E-state index is -4.23. The maximum atomic E-state index is 15.0. The Bertz CT molecular complexity index is 1470. The number of benzene rings is 3. The molecular weight excluding hydrogens is 532 g/mol. The first-order chi connectivity index (χ1) is 17.0. The molecule has 0 amide bonds. The third-order valence-electron chi connectivity index (χ3n) is 6.53. The van der Waals surface area contributed by atoms with Crippen LogP contribution in [0.15, 0.2) is 76.5 Å². The van der Waals surface area contributed by atoms with E-state index in [4.69, 9.17) is 16.3 Å². The van der Waals surface area contributed by atoms with E-state index >= 15 is 4.39 Å². The van der Waals surface area contributed by atoms with Crippen LogP contribution in [0.2, 0.25) is 5.02 Å². The minimum absolute atomic E-state index is 0.0469. The van der Waals surface area contributed by atoms with Crippen molar-refractivity contribution in [1.82, 2.24) is 4.72 Å². The molecule has 0 saturated heterocycles. The molecule has 0 heterocycles. The van der Waals surface area contributed by atoms with Crippen LogP contribution in [0.1, 0.15) is 31.2 Å². The van der Waals surface area contributed by atoms with E-state index in [1.165, 1.54) is 43.5 Å². The highest BCUT2D eigenvalue weighted by Crippen LogP contribution is 2.48. The van der Waals surface area contributed by atoms with Crippen LogP contribution >= 0.6 is 11.6 Å².